The largest absolute Gasteiger partial charge is 0.357 e. The van der Waals surface area contributed by atoms with Gasteiger partial charge in [-0.25, -0.2) is 22.9 Å². The molecular weight excluding hydrogens is 482 g/mol. The van der Waals surface area contributed by atoms with E-state index in [2.05, 4.69) is 15.6 Å². The van der Waals surface area contributed by atoms with Crippen LogP contribution < -0.4 is 15.8 Å². The van der Waals surface area contributed by atoms with Gasteiger partial charge in [-0.05, 0) is 42.7 Å². The Hall–Kier alpha value is -1.72. The van der Waals surface area contributed by atoms with Crippen molar-refractivity contribution in [1.29, 1.82) is 0 Å². The van der Waals surface area contributed by atoms with Crippen LogP contribution >= 0.6 is 24.0 Å². The first kappa shape index (κ1) is 23.3. The van der Waals surface area contributed by atoms with E-state index >= 15 is 0 Å². The fourth-order valence-corrected chi connectivity index (χ4v) is 2.83. The molecule has 0 amide bonds. The average molecular weight is 506 g/mol. The van der Waals surface area contributed by atoms with Gasteiger partial charge >= 0.3 is 0 Å². The molecule has 0 saturated carbocycles. The lowest BCUT2D eigenvalue weighted by atomic mass is 10.1. The highest BCUT2D eigenvalue weighted by Crippen LogP contribution is 2.09. The Morgan fingerprint density at radius 1 is 1.11 bits per heavy atom. The number of nitrogens with zero attached hydrogens (tertiary/aromatic N) is 1. The summed E-state index contributed by atoms with van der Waals surface area (Å²) in [5.41, 5.74) is 1.50. The van der Waals surface area contributed by atoms with Gasteiger partial charge in [0.15, 0.2) is 5.96 Å². The standard InChI is InChI=1S/C18H23FN4O2S.HI/c1-2-21-18(22-12-11-15-5-3-4-6-17(15)19)23-13-14-7-9-16(10-8-14)26(20,24)25;/h3-10H,2,11-13H2,1H3,(H2,20,24,25)(H2,21,22,23);1H. The molecule has 2 rings (SSSR count). The van der Waals surface area contributed by atoms with E-state index in [1.165, 1.54) is 18.2 Å². The number of nitrogens with one attached hydrogen (secondary N) is 2. The fraction of sp³-hybridized carbons (Fsp3) is 0.278. The van der Waals surface area contributed by atoms with Crippen LogP contribution in [0.4, 0.5) is 4.39 Å². The molecule has 0 heterocycles. The summed E-state index contributed by atoms with van der Waals surface area (Å²) in [5, 5.41) is 11.4. The van der Waals surface area contributed by atoms with Gasteiger partial charge in [0, 0.05) is 13.1 Å². The van der Waals surface area contributed by atoms with E-state index in [4.69, 9.17) is 5.14 Å². The molecule has 2 aromatic rings. The van der Waals surface area contributed by atoms with Crippen molar-refractivity contribution in [1.82, 2.24) is 10.6 Å². The molecule has 0 bridgehead atoms. The molecule has 148 valence electrons. The third kappa shape index (κ3) is 7.81. The lowest BCUT2D eigenvalue weighted by Gasteiger charge is -2.11. The van der Waals surface area contributed by atoms with Crippen molar-refractivity contribution in [3.63, 3.8) is 0 Å². The molecule has 0 atom stereocenters. The third-order valence-corrected chi connectivity index (χ3v) is 4.59. The predicted molar refractivity (Wildman–Crippen MR) is 116 cm³/mol. The molecule has 0 fully saturated rings. The molecule has 9 heteroatoms. The van der Waals surface area contributed by atoms with Crippen molar-refractivity contribution in [2.75, 3.05) is 13.1 Å². The first-order valence-electron chi connectivity index (χ1n) is 8.27. The van der Waals surface area contributed by atoms with Crippen molar-refractivity contribution in [3.05, 3.63) is 65.5 Å². The quantitative estimate of drug-likeness (QED) is 0.305. The molecule has 0 aliphatic rings. The molecule has 4 N–H and O–H groups in total. The Kier molecular flexibility index (Phi) is 9.67. The Balaban J connectivity index is 0.00000364. The summed E-state index contributed by atoms with van der Waals surface area (Å²) in [6, 6.07) is 12.9. The van der Waals surface area contributed by atoms with Gasteiger partial charge in [0.05, 0.1) is 11.4 Å². The van der Waals surface area contributed by atoms with E-state index in [-0.39, 0.29) is 34.7 Å². The predicted octanol–water partition coefficient (Wildman–Crippen LogP) is 2.39. The van der Waals surface area contributed by atoms with Crippen LogP contribution in [0, 0.1) is 5.82 Å². The Morgan fingerprint density at radius 3 is 2.37 bits per heavy atom. The van der Waals surface area contributed by atoms with Gasteiger partial charge in [0.2, 0.25) is 10.0 Å². The van der Waals surface area contributed by atoms with Crippen LogP contribution in [0.3, 0.4) is 0 Å². The molecule has 2 aromatic carbocycles. The van der Waals surface area contributed by atoms with Crippen LogP contribution in [0.25, 0.3) is 0 Å². The normalized spacial score (nSPS) is 11.6. The molecular formula is C18H24FIN4O2S. The highest BCUT2D eigenvalue weighted by atomic mass is 127. The van der Waals surface area contributed by atoms with Crippen molar-refractivity contribution < 1.29 is 12.8 Å². The van der Waals surface area contributed by atoms with Crippen molar-refractivity contribution in [3.8, 4) is 0 Å². The van der Waals surface area contributed by atoms with Crippen molar-refractivity contribution >= 4 is 40.0 Å². The second kappa shape index (κ2) is 11.2. The maximum absolute atomic E-state index is 13.6. The summed E-state index contributed by atoms with van der Waals surface area (Å²) in [4.78, 5) is 4.52. The lowest BCUT2D eigenvalue weighted by molar-refractivity contribution is 0.597. The molecule has 0 radical (unpaired) electrons. The Labute approximate surface area is 176 Å². The van der Waals surface area contributed by atoms with Crippen LogP contribution in [0.15, 0.2) is 58.4 Å². The second-order valence-corrected chi connectivity index (χ2v) is 7.21. The molecule has 6 nitrogen and oxygen atoms in total. The summed E-state index contributed by atoms with van der Waals surface area (Å²) in [6.07, 6.45) is 0.542. The maximum Gasteiger partial charge on any atom is 0.238 e. The Morgan fingerprint density at radius 2 is 1.78 bits per heavy atom. The zero-order valence-corrected chi connectivity index (χ0v) is 18.1. The van der Waals surface area contributed by atoms with Crippen LogP contribution in [0.1, 0.15) is 18.1 Å². The van der Waals surface area contributed by atoms with Crippen molar-refractivity contribution in [2.24, 2.45) is 10.1 Å². The Bertz CT molecular complexity index is 858. The van der Waals surface area contributed by atoms with Crippen LogP contribution in [0.2, 0.25) is 0 Å². The highest BCUT2D eigenvalue weighted by molar-refractivity contribution is 14.0. The van der Waals surface area contributed by atoms with Gasteiger partial charge in [0.1, 0.15) is 5.82 Å². The minimum atomic E-state index is -3.69. The molecule has 27 heavy (non-hydrogen) atoms. The first-order valence-corrected chi connectivity index (χ1v) is 9.82. The van der Waals surface area contributed by atoms with Gasteiger partial charge in [-0.1, -0.05) is 30.3 Å². The monoisotopic (exact) mass is 506 g/mol. The smallest absolute Gasteiger partial charge is 0.238 e. The van der Waals surface area contributed by atoms with Crippen molar-refractivity contribution in [2.45, 2.75) is 24.8 Å². The SMILES string of the molecule is CCNC(=NCc1ccc(S(N)(=O)=O)cc1)NCCc1ccccc1F.I. The van der Waals surface area contributed by atoms with Crippen LogP contribution in [-0.4, -0.2) is 27.5 Å². The molecule has 0 spiro atoms. The molecule has 0 aliphatic carbocycles. The summed E-state index contributed by atoms with van der Waals surface area (Å²) in [7, 11) is -3.69. The summed E-state index contributed by atoms with van der Waals surface area (Å²) in [6.45, 7) is 3.56. The van der Waals surface area contributed by atoms with E-state index < -0.39 is 10.0 Å². The zero-order chi connectivity index (χ0) is 19.0. The summed E-state index contributed by atoms with van der Waals surface area (Å²) >= 11 is 0. The van der Waals surface area contributed by atoms with Gasteiger partial charge in [0.25, 0.3) is 0 Å². The van der Waals surface area contributed by atoms with E-state index in [0.29, 0.717) is 37.6 Å². The maximum atomic E-state index is 13.6. The van der Waals surface area contributed by atoms with E-state index in [0.717, 1.165) is 5.56 Å². The minimum Gasteiger partial charge on any atom is -0.357 e. The number of sulfonamides is 1. The number of primary sulfonamides is 1. The average Bonchev–Trinajstić information content (AvgIpc) is 2.61. The number of halogens is 2. The topological polar surface area (TPSA) is 96.6 Å². The number of aliphatic imine (C=N–C) groups is 1. The zero-order valence-electron chi connectivity index (χ0n) is 15.0. The summed E-state index contributed by atoms with van der Waals surface area (Å²) in [5.74, 6) is 0.394. The number of rotatable bonds is 7. The lowest BCUT2D eigenvalue weighted by Crippen LogP contribution is -2.38. The van der Waals surface area contributed by atoms with Crippen LogP contribution in [-0.2, 0) is 23.0 Å². The molecule has 0 unspecified atom stereocenters. The number of guanidine groups is 1. The van der Waals surface area contributed by atoms with Gasteiger partial charge in [-0.3, -0.25) is 0 Å². The van der Waals surface area contributed by atoms with E-state index in [1.54, 1.807) is 24.3 Å². The van der Waals surface area contributed by atoms with Gasteiger partial charge in [-0.2, -0.15) is 0 Å². The van der Waals surface area contributed by atoms with E-state index in [1.807, 2.05) is 13.0 Å². The number of hydrogen-bond acceptors (Lipinski definition) is 3. The van der Waals surface area contributed by atoms with Gasteiger partial charge < -0.3 is 10.6 Å². The summed E-state index contributed by atoms with van der Waals surface area (Å²) < 4.78 is 36.1. The molecule has 0 aromatic heterocycles. The molecule has 0 aliphatic heterocycles. The highest BCUT2D eigenvalue weighted by Gasteiger charge is 2.07. The van der Waals surface area contributed by atoms with Gasteiger partial charge in [-0.15, -0.1) is 24.0 Å². The number of hydrogen-bond donors (Lipinski definition) is 3. The molecule has 0 saturated heterocycles. The number of benzene rings is 2. The first-order chi connectivity index (χ1) is 12.4. The third-order valence-electron chi connectivity index (χ3n) is 3.66. The minimum absolute atomic E-state index is 0. The van der Waals surface area contributed by atoms with Crippen LogP contribution in [0.5, 0.6) is 0 Å². The van der Waals surface area contributed by atoms with E-state index in [9.17, 15) is 12.8 Å². The fourth-order valence-electron chi connectivity index (χ4n) is 2.31. The number of nitrogens with two attached hydrogens (primary N) is 1. The second-order valence-electron chi connectivity index (χ2n) is 5.65.